The molecule has 0 radical (unpaired) electrons. The number of aryl methyl sites for hydroxylation is 2. The number of fused-ring (bicyclic) bond motifs is 1. The average Bonchev–Trinajstić information content (AvgIpc) is 3.12. The highest BCUT2D eigenvalue weighted by atomic mass is 16.2. The topological polar surface area (TPSA) is 86.7 Å². The standard InChI is InChI=1S/C24H29N5O3/c1-16-7-6-8-17(2)23(16)26-21(30)14-28(5)24(32)25-19-9-10-20-18(13-19)11-12-29(20)15-22(31)27(3)4/h6-13H,14-15H2,1-5H3,(H,25,32)(H,26,30). The molecule has 32 heavy (non-hydrogen) atoms. The van der Waals surface area contributed by atoms with Gasteiger partial charge in [0.15, 0.2) is 0 Å². The monoisotopic (exact) mass is 435 g/mol. The Kier molecular flexibility index (Phi) is 6.82. The summed E-state index contributed by atoms with van der Waals surface area (Å²) in [5.74, 6) is -0.265. The van der Waals surface area contributed by atoms with Gasteiger partial charge in [0.1, 0.15) is 13.1 Å². The predicted molar refractivity (Wildman–Crippen MR) is 127 cm³/mol. The molecule has 0 aliphatic carbocycles. The van der Waals surface area contributed by atoms with Crippen molar-refractivity contribution in [1.82, 2.24) is 14.4 Å². The van der Waals surface area contributed by atoms with E-state index >= 15 is 0 Å². The second kappa shape index (κ2) is 9.55. The first-order valence-corrected chi connectivity index (χ1v) is 10.3. The Morgan fingerprint density at radius 3 is 2.28 bits per heavy atom. The van der Waals surface area contributed by atoms with E-state index in [9.17, 15) is 14.4 Å². The largest absolute Gasteiger partial charge is 0.347 e. The van der Waals surface area contributed by atoms with Crippen LogP contribution in [-0.2, 0) is 16.1 Å². The molecule has 0 aliphatic heterocycles. The van der Waals surface area contributed by atoms with Crippen LogP contribution in [0.4, 0.5) is 16.2 Å². The number of likely N-dealkylation sites (N-methyl/N-ethyl adjacent to an activating group) is 2. The van der Waals surface area contributed by atoms with Crippen LogP contribution in [0.15, 0.2) is 48.7 Å². The van der Waals surface area contributed by atoms with Crippen LogP contribution in [0.1, 0.15) is 11.1 Å². The van der Waals surface area contributed by atoms with Gasteiger partial charge < -0.3 is 25.0 Å². The summed E-state index contributed by atoms with van der Waals surface area (Å²) in [5.41, 5.74) is 4.23. The number of nitrogens with zero attached hydrogens (tertiary/aromatic N) is 3. The van der Waals surface area contributed by atoms with Crippen LogP contribution in [-0.4, -0.2) is 59.9 Å². The number of carbonyl (C=O) groups excluding carboxylic acids is 3. The molecule has 0 atom stereocenters. The van der Waals surface area contributed by atoms with Gasteiger partial charge in [0.2, 0.25) is 11.8 Å². The van der Waals surface area contributed by atoms with E-state index in [4.69, 9.17) is 0 Å². The molecular weight excluding hydrogens is 406 g/mol. The van der Waals surface area contributed by atoms with Gasteiger partial charge in [-0.3, -0.25) is 9.59 Å². The zero-order valence-corrected chi connectivity index (χ0v) is 19.1. The first-order chi connectivity index (χ1) is 15.2. The van der Waals surface area contributed by atoms with Gasteiger partial charge in [0.05, 0.1) is 0 Å². The van der Waals surface area contributed by atoms with Gasteiger partial charge in [-0.05, 0) is 49.2 Å². The lowest BCUT2D eigenvalue weighted by Crippen LogP contribution is -2.37. The zero-order chi connectivity index (χ0) is 23.4. The highest BCUT2D eigenvalue weighted by molar-refractivity contribution is 5.98. The summed E-state index contributed by atoms with van der Waals surface area (Å²) >= 11 is 0. The first-order valence-electron chi connectivity index (χ1n) is 10.3. The summed E-state index contributed by atoms with van der Waals surface area (Å²) in [4.78, 5) is 39.9. The first kappa shape index (κ1) is 22.9. The summed E-state index contributed by atoms with van der Waals surface area (Å²) in [7, 11) is 5.02. The third kappa shape index (κ3) is 5.26. The van der Waals surface area contributed by atoms with Crippen molar-refractivity contribution < 1.29 is 14.4 Å². The molecule has 0 spiro atoms. The number of hydrogen-bond donors (Lipinski definition) is 2. The summed E-state index contributed by atoms with van der Waals surface area (Å²) in [6, 6.07) is 12.8. The number of aromatic nitrogens is 1. The van der Waals surface area contributed by atoms with Crippen molar-refractivity contribution in [1.29, 1.82) is 0 Å². The van der Waals surface area contributed by atoms with Crippen molar-refractivity contribution in [3.05, 3.63) is 59.8 Å². The summed E-state index contributed by atoms with van der Waals surface area (Å²) in [5, 5.41) is 6.61. The third-order valence-corrected chi connectivity index (χ3v) is 5.30. The number of nitrogens with one attached hydrogen (secondary N) is 2. The molecule has 0 unspecified atom stereocenters. The minimum Gasteiger partial charge on any atom is -0.347 e. The van der Waals surface area contributed by atoms with Crippen molar-refractivity contribution in [2.45, 2.75) is 20.4 Å². The molecule has 3 rings (SSSR count). The van der Waals surface area contributed by atoms with Gasteiger partial charge in [-0.15, -0.1) is 0 Å². The van der Waals surface area contributed by atoms with Crippen LogP contribution in [0, 0.1) is 13.8 Å². The minimum atomic E-state index is -0.386. The predicted octanol–water partition coefficient (Wildman–Crippen LogP) is 3.45. The molecule has 0 bridgehead atoms. The van der Waals surface area contributed by atoms with Crippen LogP contribution in [0.5, 0.6) is 0 Å². The van der Waals surface area contributed by atoms with Crippen LogP contribution in [0.2, 0.25) is 0 Å². The van der Waals surface area contributed by atoms with Crippen molar-refractivity contribution in [2.24, 2.45) is 0 Å². The maximum atomic E-state index is 12.6. The normalized spacial score (nSPS) is 10.7. The van der Waals surface area contributed by atoms with Crippen molar-refractivity contribution in [3.8, 4) is 0 Å². The number of benzene rings is 2. The Bertz CT molecular complexity index is 1150. The van der Waals surface area contributed by atoms with Gasteiger partial charge in [-0.1, -0.05) is 18.2 Å². The second-order valence-electron chi connectivity index (χ2n) is 8.11. The van der Waals surface area contributed by atoms with Gasteiger partial charge in [-0.2, -0.15) is 0 Å². The fourth-order valence-electron chi connectivity index (χ4n) is 3.40. The van der Waals surface area contributed by atoms with Crippen molar-refractivity contribution in [2.75, 3.05) is 38.3 Å². The van der Waals surface area contributed by atoms with Gasteiger partial charge in [0, 0.05) is 49.6 Å². The van der Waals surface area contributed by atoms with Gasteiger partial charge in [0.25, 0.3) is 0 Å². The highest BCUT2D eigenvalue weighted by Crippen LogP contribution is 2.21. The maximum absolute atomic E-state index is 12.6. The number of amides is 4. The number of hydrogen-bond acceptors (Lipinski definition) is 3. The van der Waals surface area contributed by atoms with E-state index in [1.807, 2.05) is 61.0 Å². The lowest BCUT2D eigenvalue weighted by atomic mass is 10.1. The maximum Gasteiger partial charge on any atom is 0.322 e. The molecule has 2 N–H and O–H groups in total. The third-order valence-electron chi connectivity index (χ3n) is 5.30. The van der Waals surface area contributed by atoms with Gasteiger partial charge in [-0.25, -0.2) is 4.79 Å². The lowest BCUT2D eigenvalue weighted by Gasteiger charge is -2.19. The molecule has 3 aromatic rings. The van der Waals surface area contributed by atoms with E-state index in [1.54, 1.807) is 32.1 Å². The number of rotatable bonds is 6. The quantitative estimate of drug-likeness (QED) is 0.622. The smallest absolute Gasteiger partial charge is 0.322 e. The molecular formula is C24H29N5O3. The Labute approximate surface area is 187 Å². The number of para-hydroxylation sites is 1. The molecule has 1 heterocycles. The SMILES string of the molecule is Cc1cccc(C)c1NC(=O)CN(C)C(=O)Nc1ccc2c(ccn2CC(=O)N(C)C)c1. The van der Waals surface area contributed by atoms with E-state index < -0.39 is 0 Å². The Balaban J connectivity index is 1.62. The molecule has 4 amide bonds. The highest BCUT2D eigenvalue weighted by Gasteiger charge is 2.15. The van der Waals surface area contributed by atoms with Crippen LogP contribution >= 0.6 is 0 Å². The van der Waals surface area contributed by atoms with Crippen molar-refractivity contribution >= 4 is 40.1 Å². The average molecular weight is 436 g/mol. The van der Waals surface area contributed by atoms with Crippen LogP contribution in [0.25, 0.3) is 10.9 Å². The second-order valence-corrected chi connectivity index (χ2v) is 8.11. The summed E-state index contributed by atoms with van der Waals surface area (Å²) in [6.07, 6.45) is 1.85. The number of urea groups is 1. The molecule has 0 aliphatic rings. The lowest BCUT2D eigenvalue weighted by molar-refractivity contribution is -0.129. The Morgan fingerprint density at radius 2 is 1.62 bits per heavy atom. The Morgan fingerprint density at radius 1 is 0.938 bits per heavy atom. The van der Waals surface area contributed by atoms with Gasteiger partial charge >= 0.3 is 6.03 Å². The zero-order valence-electron chi connectivity index (χ0n) is 19.1. The van der Waals surface area contributed by atoms with E-state index in [0.717, 1.165) is 27.7 Å². The number of anilines is 2. The molecule has 2 aromatic carbocycles. The molecule has 8 heteroatoms. The van der Waals surface area contributed by atoms with E-state index in [2.05, 4.69) is 10.6 Å². The molecule has 8 nitrogen and oxygen atoms in total. The fraction of sp³-hybridized carbons (Fsp3) is 0.292. The van der Waals surface area contributed by atoms with Crippen LogP contribution < -0.4 is 10.6 Å². The van der Waals surface area contributed by atoms with E-state index in [-0.39, 0.29) is 30.9 Å². The molecule has 0 saturated carbocycles. The van der Waals surface area contributed by atoms with E-state index in [1.165, 1.54) is 4.90 Å². The summed E-state index contributed by atoms with van der Waals surface area (Å²) in [6.45, 7) is 4.03. The summed E-state index contributed by atoms with van der Waals surface area (Å²) < 4.78 is 1.87. The van der Waals surface area contributed by atoms with Crippen LogP contribution in [0.3, 0.4) is 0 Å². The van der Waals surface area contributed by atoms with E-state index in [0.29, 0.717) is 5.69 Å². The minimum absolute atomic E-state index is 0.000621. The molecule has 168 valence electrons. The molecule has 1 aromatic heterocycles. The molecule has 0 saturated heterocycles. The van der Waals surface area contributed by atoms with Crippen molar-refractivity contribution in [3.63, 3.8) is 0 Å². The fourth-order valence-corrected chi connectivity index (χ4v) is 3.40. The number of carbonyl (C=O) groups is 3. The Hall–Kier alpha value is -3.81. The molecule has 0 fully saturated rings.